The standard InChI is InChI=1S/C4H3ClIN3/c5-3-2(7)1-8-4(6)9-3/h1H,7H2. The first-order valence-electron chi connectivity index (χ1n) is 2.13. The van der Waals surface area contributed by atoms with E-state index in [1.807, 2.05) is 22.6 Å². The number of rotatable bonds is 0. The number of nitrogen functional groups attached to an aromatic ring is 1. The van der Waals surface area contributed by atoms with Gasteiger partial charge in [0.25, 0.3) is 0 Å². The van der Waals surface area contributed by atoms with Gasteiger partial charge in [0.15, 0.2) is 8.98 Å². The van der Waals surface area contributed by atoms with Crippen LogP contribution in [0.25, 0.3) is 0 Å². The minimum Gasteiger partial charge on any atom is -0.395 e. The van der Waals surface area contributed by atoms with Gasteiger partial charge in [0.1, 0.15) is 0 Å². The second-order valence-corrected chi connectivity index (χ2v) is 2.71. The summed E-state index contributed by atoms with van der Waals surface area (Å²) in [6.07, 6.45) is 1.48. The summed E-state index contributed by atoms with van der Waals surface area (Å²) in [6, 6.07) is 0. The predicted molar refractivity (Wildman–Crippen MR) is 44.2 cm³/mol. The van der Waals surface area contributed by atoms with Gasteiger partial charge in [-0.3, -0.25) is 0 Å². The molecule has 2 N–H and O–H groups in total. The van der Waals surface area contributed by atoms with Gasteiger partial charge < -0.3 is 5.73 Å². The maximum absolute atomic E-state index is 5.53. The molecule has 0 amide bonds. The van der Waals surface area contributed by atoms with E-state index < -0.39 is 0 Å². The average molecular weight is 255 g/mol. The zero-order valence-corrected chi connectivity index (χ0v) is 7.22. The van der Waals surface area contributed by atoms with Crippen molar-refractivity contribution in [1.82, 2.24) is 9.97 Å². The van der Waals surface area contributed by atoms with E-state index >= 15 is 0 Å². The summed E-state index contributed by atoms with van der Waals surface area (Å²) in [5.41, 5.74) is 5.74. The minimum absolute atomic E-state index is 0.314. The molecule has 5 heteroatoms. The van der Waals surface area contributed by atoms with Crippen molar-refractivity contribution < 1.29 is 0 Å². The van der Waals surface area contributed by atoms with Gasteiger partial charge >= 0.3 is 0 Å². The summed E-state index contributed by atoms with van der Waals surface area (Å²) in [5, 5.41) is 0.314. The second kappa shape index (κ2) is 2.66. The van der Waals surface area contributed by atoms with Crippen molar-refractivity contribution in [2.75, 3.05) is 5.73 Å². The monoisotopic (exact) mass is 255 g/mol. The smallest absolute Gasteiger partial charge is 0.192 e. The van der Waals surface area contributed by atoms with E-state index in [0.717, 1.165) is 0 Å². The molecule has 9 heavy (non-hydrogen) atoms. The number of nitrogens with two attached hydrogens (primary N) is 1. The Morgan fingerprint density at radius 2 is 2.33 bits per heavy atom. The molecule has 0 fully saturated rings. The van der Waals surface area contributed by atoms with Crippen LogP contribution in [0.2, 0.25) is 5.15 Å². The Kier molecular flexibility index (Phi) is 2.07. The lowest BCUT2D eigenvalue weighted by Crippen LogP contribution is -1.93. The lowest BCUT2D eigenvalue weighted by Gasteiger charge is -1.93. The van der Waals surface area contributed by atoms with Gasteiger partial charge in [0.05, 0.1) is 11.9 Å². The highest BCUT2D eigenvalue weighted by Crippen LogP contribution is 2.13. The quantitative estimate of drug-likeness (QED) is 0.432. The van der Waals surface area contributed by atoms with Gasteiger partial charge in [0, 0.05) is 22.6 Å². The third-order valence-corrected chi connectivity index (χ3v) is 1.56. The van der Waals surface area contributed by atoms with Crippen LogP contribution in [0.5, 0.6) is 0 Å². The molecule has 0 aliphatic heterocycles. The van der Waals surface area contributed by atoms with Gasteiger partial charge in [-0.1, -0.05) is 11.6 Å². The largest absolute Gasteiger partial charge is 0.395 e. The lowest BCUT2D eigenvalue weighted by molar-refractivity contribution is 1.11. The summed E-state index contributed by atoms with van der Waals surface area (Å²) in [7, 11) is 0. The third kappa shape index (κ3) is 1.65. The van der Waals surface area contributed by atoms with E-state index in [1.165, 1.54) is 6.20 Å². The van der Waals surface area contributed by atoms with Crippen LogP contribution in [-0.4, -0.2) is 9.97 Å². The van der Waals surface area contributed by atoms with Crippen LogP contribution in [0.1, 0.15) is 0 Å². The maximum Gasteiger partial charge on any atom is 0.192 e. The summed E-state index contributed by atoms with van der Waals surface area (Å²) >= 11 is 7.49. The Labute approximate surface area is 70.8 Å². The molecule has 0 atom stereocenters. The number of hydrogen-bond donors (Lipinski definition) is 1. The van der Waals surface area contributed by atoms with Crippen LogP contribution in [0.3, 0.4) is 0 Å². The molecule has 0 spiro atoms. The fourth-order valence-electron chi connectivity index (χ4n) is 0.350. The van der Waals surface area contributed by atoms with E-state index in [9.17, 15) is 0 Å². The molecule has 0 radical (unpaired) electrons. The normalized spacial score (nSPS) is 9.56. The Hall–Kier alpha value is -0.100. The second-order valence-electron chi connectivity index (χ2n) is 1.39. The fourth-order valence-corrected chi connectivity index (χ4v) is 1.00. The molecule has 1 rings (SSSR count). The molecule has 0 aromatic carbocycles. The van der Waals surface area contributed by atoms with E-state index in [1.54, 1.807) is 0 Å². The molecule has 0 aliphatic carbocycles. The Morgan fingerprint density at radius 3 is 2.78 bits per heavy atom. The van der Waals surface area contributed by atoms with E-state index in [-0.39, 0.29) is 0 Å². The molecule has 1 heterocycles. The predicted octanol–water partition coefficient (Wildman–Crippen LogP) is 1.32. The number of nitrogens with zero attached hydrogens (tertiary/aromatic N) is 2. The fraction of sp³-hybridized carbons (Fsp3) is 0. The van der Waals surface area contributed by atoms with Crippen LogP contribution < -0.4 is 5.73 Å². The Morgan fingerprint density at radius 1 is 1.67 bits per heavy atom. The molecule has 0 saturated carbocycles. The van der Waals surface area contributed by atoms with Crippen molar-refractivity contribution in [3.05, 3.63) is 15.2 Å². The molecule has 48 valence electrons. The number of anilines is 1. The summed E-state index contributed by atoms with van der Waals surface area (Å²) in [5.74, 6) is 0. The lowest BCUT2D eigenvalue weighted by atomic mass is 10.6. The third-order valence-electron chi connectivity index (χ3n) is 0.739. The van der Waals surface area contributed by atoms with Crippen molar-refractivity contribution in [2.45, 2.75) is 0 Å². The topological polar surface area (TPSA) is 51.8 Å². The number of hydrogen-bond acceptors (Lipinski definition) is 3. The zero-order valence-electron chi connectivity index (χ0n) is 4.31. The molecule has 0 unspecified atom stereocenters. The molecular weight excluding hydrogens is 252 g/mol. The molecule has 1 aromatic heterocycles. The minimum atomic E-state index is 0.314. The van der Waals surface area contributed by atoms with E-state index in [0.29, 0.717) is 14.7 Å². The zero-order chi connectivity index (χ0) is 6.85. The van der Waals surface area contributed by atoms with Gasteiger partial charge in [-0.25, -0.2) is 9.97 Å². The van der Waals surface area contributed by atoms with Crippen LogP contribution >= 0.6 is 34.2 Å². The van der Waals surface area contributed by atoms with Crippen molar-refractivity contribution in [3.8, 4) is 0 Å². The molecule has 0 bridgehead atoms. The van der Waals surface area contributed by atoms with Crippen LogP contribution in [0.4, 0.5) is 5.69 Å². The highest BCUT2D eigenvalue weighted by Gasteiger charge is 1.96. The molecule has 3 nitrogen and oxygen atoms in total. The van der Waals surface area contributed by atoms with Crippen LogP contribution in [0, 0.1) is 3.83 Å². The van der Waals surface area contributed by atoms with E-state index in [4.69, 9.17) is 17.3 Å². The maximum atomic E-state index is 5.53. The van der Waals surface area contributed by atoms with Gasteiger partial charge in [-0.2, -0.15) is 0 Å². The van der Waals surface area contributed by atoms with Gasteiger partial charge in [-0.05, 0) is 0 Å². The van der Waals surface area contributed by atoms with Crippen molar-refractivity contribution >= 4 is 39.9 Å². The highest BCUT2D eigenvalue weighted by atomic mass is 127. The SMILES string of the molecule is Nc1cnc(I)nc1Cl. The molecule has 1 aromatic rings. The first-order chi connectivity index (χ1) is 4.20. The van der Waals surface area contributed by atoms with Gasteiger partial charge in [-0.15, -0.1) is 0 Å². The van der Waals surface area contributed by atoms with Crippen LogP contribution in [0.15, 0.2) is 6.20 Å². The van der Waals surface area contributed by atoms with Crippen LogP contribution in [-0.2, 0) is 0 Å². The summed E-state index contributed by atoms with van der Waals surface area (Å²) < 4.78 is 0.604. The molecule has 0 saturated heterocycles. The first kappa shape index (κ1) is 7.01. The van der Waals surface area contributed by atoms with Crippen molar-refractivity contribution in [2.24, 2.45) is 0 Å². The number of aromatic nitrogens is 2. The number of halogens is 2. The highest BCUT2D eigenvalue weighted by molar-refractivity contribution is 14.1. The summed E-state index contributed by atoms with van der Waals surface area (Å²) in [4.78, 5) is 7.59. The van der Waals surface area contributed by atoms with Gasteiger partial charge in [0.2, 0.25) is 0 Å². The van der Waals surface area contributed by atoms with Crippen molar-refractivity contribution in [1.29, 1.82) is 0 Å². The first-order valence-corrected chi connectivity index (χ1v) is 3.59. The molecule has 0 aliphatic rings. The Balaban J connectivity index is 3.17. The summed E-state index contributed by atoms with van der Waals surface area (Å²) in [6.45, 7) is 0. The average Bonchev–Trinajstić information content (AvgIpc) is 1.80. The molecular formula is C4H3ClIN3. The Bertz CT molecular complexity index is 227. The van der Waals surface area contributed by atoms with E-state index in [2.05, 4.69) is 9.97 Å². The van der Waals surface area contributed by atoms with Crippen molar-refractivity contribution in [3.63, 3.8) is 0 Å².